The molecule has 0 bridgehead atoms. The predicted molar refractivity (Wildman–Crippen MR) is 123 cm³/mol. The van der Waals surface area contributed by atoms with E-state index in [2.05, 4.69) is 25.8 Å². The van der Waals surface area contributed by atoms with Crippen LogP contribution in [0.4, 0.5) is 10.7 Å². The van der Waals surface area contributed by atoms with E-state index < -0.39 is 23.5 Å². The zero-order valence-corrected chi connectivity index (χ0v) is 18.8. The van der Waals surface area contributed by atoms with Gasteiger partial charge in [0.1, 0.15) is 12.1 Å². The van der Waals surface area contributed by atoms with Crippen molar-refractivity contribution in [1.29, 1.82) is 0 Å². The minimum atomic E-state index is -1.41. The average Bonchev–Trinajstić information content (AvgIpc) is 3.44. The summed E-state index contributed by atoms with van der Waals surface area (Å²) in [7, 11) is 0. The monoisotopic (exact) mass is 463 g/mol. The van der Waals surface area contributed by atoms with Gasteiger partial charge in [0.05, 0.1) is 0 Å². The SMILES string of the molecule is CCC(CC)(NC(=O)c1nc(NC(=O)OCC2c3ccccc3-c3ccccc32)n[nH]1)C(=O)O. The highest BCUT2D eigenvalue weighted by molar-refractivity contribution is 5.95. The normalized spacial score (nSPS) is 12.5. The zero-order chi connectivity index (χ0) is 24.3. The van der Waals surface area contributed by atoms with Gasteiger partial charge in [-0.3, -0.25) is 15.2 Å². The second-order valence-corrected chi connectivity index (χ2v) is 8.01. The number of anilines is 1. The number of H-pyrrole nitrogens is 1. The third kappa shape index (κ3) is 4.21. The molecular formula is C24H25N5O5. The second-order valence-electron chi connectivity index (χ2n) is 8.01. The molecule has 0 fully saturated rings. The summed E-state index contributed by atoms with van der Waals surface area (Å²) in [5.74, 6) is -2.35. The molecule has 176 valence electrons. The van der Waals surface area contributed by atoms with Gasteiger partial charge in [0.25, 0.3) is 11.9 Å². The quantitative estimate of drug-likeness (QED) is 0.399. The molecule has 0 unspecified atom stereocenters. The van der Waals surface area contributed by atoms with Crippen LogP contribution in [0.3, 0.4) is 0 Å². The Bertz CT molecular complexity index is 1190. The maximum atomic E-state index is 12.5. The summed E-state index contributed by atoms with van der Waals surface area (Å²) in [5.41, 5.74) is 3.00. The van der Waals surface area contributed by atoms with Gasteiger partial charge in [0.15, 0.2) is 0 Å². The Morgan fingerprint density at radius 2 is 1.62 bits per heavy atom. The first kappa shape index (κ1) is 23.0. The fraction of sp³-hybridized carbons (Fsp3) is 0.292. The number of rotatable bonds is 8. The maximum absolute atomic E-state index is 12.5. The van der Waals surface area contributed by atoms with Crippen LogP contribution in [-0.2, 0) is 9.53 Å². The number of amides is 2. The molecule has 2 amide bonds. The lowest BCUT2D eigenvalue weighted by Crippen LogP contribution is -2.53. The molecule has 1 aliphatic rings. The van der Waals surface area contributed by atoms with Gasteiger partial charge in [-0.2, -0.15) is 4.98 Å². The number of carbonyl (C=O) groups is 3. The molecule has 0 saturated carbocycles. The Labute approximate surface area is 195 Å². The lowest BCUT2D eigenvalue weighted by molar-refractivity contribution is -0.144. The van der Waals surface area contributed by atoms with E-state index in [4.69, 9.17) is 4.74 Å². The van der Waals surface area contributed by atoms with Crippen LogP contribution in [-0.4, -0.2) is 50.4 Å². The van der Waals surface area contributed by atoms with Crippen molar-refractivity contribution in [2.75, 3.05) is 11.9 Å². The number of benzene rings is 2. The number of nitrogens with one attached hydrogen (secondary N) is 3. The van der Waals surface area contributed by atoms with Crippen molar-refractivity contribution in [2.24, 2.45) is 0 Å². The highest BCUT2D eigenvalue weighted by atomic mass is 16.5. The molecule has 34 heavy (non-hydrogen) atoms. The molecule has 0 radical (unpaired) electrons. The van der Waals surface area contributed by atoms with E-state index in [-0.39, 0.29) is 37.1 Å². The first-order valence-electron chi connectivity index (χ1n) is 11.0. The average molecular weight is 463 g/mol. The summed E-state index contributed by atoms with van der Waals surface area (Å²) < 4.78 is 5.44. The van der Waals surface area contributed by atoms with Crippen LogP contribution in [0.15, 0.2) is 48.5 Å². The third-order valence-corrected chi connectivity index (χ3v) is 6.23. The van der Waals surface area contributed by atoms with Gasteiger partial charge in [-0.15, -0.1) is 5.10 Å². The molecule has 3 aromatic rings. The van der Waals surface area contributed by atoms with Crippen molar-refractivity contribution >= 4 is 23.9 Å². The number of aromatic nitrogens is 3. The Kier molecular flexibility index (Phi) is 6.31. The molecule has 10 heteroatoms. The van der Waals surface area contributed by atoms with Gasteiger partial charge in [-0.1, -0.05) is 62.4 Å². The fourth-order valence-corrected chi connectivity index (χ4v) is 4.20. The fourth-order valence-electron chi connectivity index (χ4n) is 4.20. The molecular weight excluding hydrogens is 438 g/mol. The highest BCUT2D eigenvalue weighted by Gasteiger charge is 2.37. The first-order chi connectivity index (χ1) is 16.4. The molecule has 4 N–H and O–H groups in total. The van der Waals surface area contributed by atoms with Crippen LogP contribution in [0.1, 0.15) is 54.4 Å². The minimum absolute atomic E-state index is 0.0983. The van der Waals surface area contributed by atoms with Gasteiger partial charge in [-0.05, 0) is 35.1 Å². The number of nitrogens with zero attached hydrogens (tertiary/aromatic N) is 2. The van der Waals surface area contributed by atoms with Crippen molar-refractivity contribution in [2.45, 2.75) is 38.1 Å². The van der Waals surface area contributed by atoms with E-state index in [1.165, 1.54) is 0 Å². The van der Waals surface area contributed by atoms with Gasteiger partial charge >= 0.3 is 12.1 Å². The lowest BCUT2D eigenvalue weighted by atomic mass is 9.93. The predicted octanol–water partition coefficient (Wildman–Crippen LogP) is 3.54. The molecule has 0 spiro atoms. The molecule has 4 rings (SSSR count). The van der Waals surface area contributed by atoms with Gasteiger partial charge in [0, 0.05) is 5.92 Å². The van der Waals surface area contributed by atoms with E-state index >= 15 is 0 Å². The first-order valence-corrected chi connectivity index (χ1v) is 11.0. The van der Waals surface area contributed by atoms with Crippen molar-refractivity contribution in [1.82, 2.24) is 20.5 Å². The van der Waals surface area contributed by atoms with Gasteiger partial charge in [-0.25, -0.2) is 9.59 Å². The lowest BCUT2D eigenvalue weighted by Gasteiger charge is -2.27. The number of hydrogen-bond donors (Lipinski definition) is 4. The van der Waals surface area contributed by atoms with Crippen molar-refractivity contribution < 1.29 is 24.2 Å². The summed E-state index contributed by atoms with van der Waals surface area (Å²) in [6.07, 6.45) is -0.373. The molecule has 10 nitrogen and oxygen atoms in total. The van der Waals surface area contributed by atoms with Gasteiger partial charge < -0.3 is 15.2 Å². The summed E-state index contributed by atoms with van der Waals surface area (Å²) in [6.45, 7) is 3.45. The molecule has 0 aliphatic heterocycles. The van der Waals surface area contributed by atoms with E-state index in [9.17, 15) is 19.5 Å². The topological polar surface area (TPSA) is 146 Å². The van der Waals surface area contributed by atoms with Crippen LogP contribution < -0.4 is 10.6 Å². The summed E-state index contributed by atoms with van der Waals surface area (Å²) in [6, 6.07) is 16.0. The van der Waals surface area contributed by atoms with E-state index in [1.807, 2.05) is 48.5 Å². The van der Waals surface area contributed by atoms with Crippen LogP contribution in [0, 0.1) is 0 Å². The highest BCUT2D eigenvalue weighted by Crippen LogP contribution is 2.44. The minimum Gasteiger partial charge on any atom is -0.480 e. The molecule has 0 saturated heterocycles. The number of carboxylic acid groups (broad SMARTS) is 1. The van der Waals surface area contributed by atoms with Crippen molar-refractivity contribution in [3.8, 4) is 11.1 Å². The standard InChI is InChI=1S/C24H25N5O5/c1-3-24(4-2,21(31)32)27-20(30)19-25-22(29-28-19)26-23(33)34-13-18-16-11-7-5-9-14(16)15-10-6-8-12-17(15)18/h5-12,18H,3-4,13H2,1-2H3,(H,27,30)(H,31,32)(H2,25,26,28,29,33). The number of aromatic amines is 1. The number of aliphatic carboxylic acids is 1. The van der Waals surface area contributed by atoms with Crippen LogP contribution >= 0.6 is 0 Å². The second kappa shape index (κ2) is 9.34. The molecule has 2 aromatic carbocycles. The van der Waals surface area contributed by atoms with E-state index in [0.29, 0.717) is 0 Å². The summed E-state index contributed by atoms with van der Waals surface area (Å²) in [4.78, 5) is 40.4. The van der Waals surface area contributed by atoms with Crippen LogP contribution in [0.2, 0.25) is 0 Å². The third-order valence-electron chi connectivity index (χ3n) is 6.23. The van der Waals surface area contributed by atoms with Crippen molar-refractivity contribution in [3.63, 3.8) is 0 Å². The van der Waals surface area contributed by atoms with Gasteiger partial charge in [0.2, 0.25) is 5.82 Å². The van der Waals surface area contributed by atoms with Crippen LogP contribution in [0.25, 0.3) is 11.1 Å². The molecule has 1 heterocycles. The largest absolute Gasteiger partial charge is 0.480 e. The van der Waals surface area contributed by atoms with Crippen molar-refractivity contribution in [3.05, 3.63) is 65.5 Å². The molecule has 1 aromatic heterocycles. The summed E-state index contributed by atoms with van der Waals surface area (Å²) in [5, 5.41) is 20.6. The van der Waals surface area contributed by atoms with E-state index in [1.54, 1.807) is 13.8 Å². The Balaban J connectivity index is 1.39. The number of hydrogen-bond acceptors (Lipinski definition) is 6. The van der Waals surface area contributed by atoms with E-state index in [0.717, 1.165) is 22.3 Å². The number of carboxylic acids is 1. The zero-order valence-electron chi connectivity index (χ0n) is 18.8. The molecule has 1 aliphatic carbocycles. The Hall–Kier alpha value is -4.21. The number of fused-ring (bicyclic) bond motifs is 3. The smallest absolute Gasteiger partial charge is 0.414 e. The number of ether oxygens (including phenoxy) is 1. The maximum Gasteiger partial charge on any atom is 0.414 e. The summed E-state index contributed by atoms with van der Waals surface area (Å²) >= 11 is 0. The Morgan fingerprint density at radius 3 is 2.18 bits per heavy atom. The van der Waals surface area contributed by atoms with Crippen LogP contribution in [0.5, 0.6) is 0 Å². The molecule has 0 atom stereocenters. The Morgan fingerprint density at radius 1 is 1.03 bits per heavy atom. The number of carbonyl (C=O) groups excluding carboxylic acids is 2.